The monoisotopic (exact) mass is 734 g/mol. The van der Waals surface area contributed by atoms with E-state index in [0.717, 1.165) is 18.4 Å². The number of fused-ring (bicyclic) bond motifs is 5. The molecule has 12 heteroatoms. The normalized spacial score (nSPS) is 44.0. The number of esters is 2. The van der Waals surface area contributed by atoms with E-state index in [1.54, 1.807) is 0 Å². The van der Waals surface area contributed by atoms with E-state index in [2.05, 4.69) is 26.8 Å². The third-order valence-electron chi connectivity index (χ3n) is 14.4. The number of aliphatic hydroxyl groups excluding tert-OH is 5. The van der Waals surface area contributed by atoms with Crippen molar-refractivity contribution in [3.63, 3.8) is 0 Å². The van der Waals surface area contributed by atoms with E-state index in [9.17, 15) is 39.9 Å². The molecule has 0 amide bonds. The van der Waals surface area contributed by atoms with E-state index in [1.807, 2.05) is 26.8 Å². The van der Waals surface area contributed by atoms with Gasteiger partial charge < -0.3 is 44.5 Å². The molecule has 294 valence electrons. The first-order valence-corrected chi connectivity index (χ1v) is 19.0. The second-order valence-electron chi connectivity index (χ2n) is 17.6. The summed E-state index contributed by atoms with van der Waals surface area (Å²) in [4.78, 5) is 38.8. The van der Waals surface area contributed by atoms with Gasteiger partial charge in [-0.25, -0.2) is 0 Å². The highest BCUT2D eigenvalue weighted by atomic mass is 16.7. The van der Waals surface area contributed by atoms with Crippen LogP contribution in [0.5, 0.6) is 0 Å². The van der Waals surface area contributed by atoms with Gasteiger partial charge in [0.1, 0.15) is 36.3 Å². The van der Waals surface area contributed by atoms with Crippen molar-refractivity contribution in [3.05, 3.63) is 23.3 Å². The Balaban J connectivity index is 1.50. The number of rotatable bonds is 11. The minimum atomic E-state index is -1.59. The Hall–Kier alpha value is -2.19. The zero-order chi connectivity index (χ0) is 38.6. The number of ether oxygens (including phenoxy) is 4. The molecule has 5 rings (SSSR count). The third kappa shape index (κ3) is 6.95. The molecule has 0 bridgehead atoms. The van der Waals surface area contributed by atoms with Gasteiger partial charge >= 0.3 is 11.9 Å². The SMILES string of the molecule is CC(=O)OC[C@@H](CC(O)C=C(C)C)[C@@H]1CC[C@]2(C)C3=CC[C@@H]4[C@](C)(CCC(=O)[C@]4(C)CO[C@@H]4O[C@H](CO)[C@@H](O)[C@H](O)[C@H]4O)[C@H]3C[C@@H](OC(C)=O)[C@@]12C. The van der Waals surface area contributed by atoms with E-state index in [4.69, 9.17) is 18.9 Å². The average Bonchev–Trinajstić information content (AvgIpc) is 3.35. The molecule has 5 N–H and O–H groups in total. The van der Waals surface area contributed by atoms with Gasteiger partial charge in [0.25, 0.3) is 0 Å². The molecular weight excluding hydrogens is 672 g/mol. The molecule has 1 heterocycles. The molecule has 1 saturated heterocycles. The fraction of sp³-hybridized carbons (Fsp3) is 0.825. The summed E-state index contributed by atoms with van der Waals surface area (Å²) in [6, 6.07) is 0. The minimum Gasteiger partial charge on any atom is -0.466 e. The molecule has 0 aromatic carbocycles. The third-order valence-corrected chi connectivity index (χ3v) is 14.4. The first-order chi connectivity index (χ1) is 24.2. The van der Waals surface area contributed by atoms with E-state index in [0.29, 0.717) is 32.1 Å². The lowest BCUT2D eigenvalue weighted by molar-refractivity contribution is -0.307. The number of allylic oxidation sites excluding steroid dienone is 3. The summed E-state index contributed by atoms with van der Waals surface area (Å²) in [5, 5.41) is 52.0. The van der Waals surface area contributed by atoms with Crippen LogP contribution in [0.1, 0.15) is 100 Å². The van der Waals surface area contributed by atoms with Crippen molar-refractivity contribution >= 4 is 17.7 Å². The average molecular weight is 735 g/mol. The molecule has 0 radical (unpaired) electrons. The van der Waals surface area contributed by atoms with Gasteiger partial charge in [0.15, 0.2) is 6.29 Å². The Morgan fingerprint density at radius 1 is 1.02 bits per heavy atom. The zero-order valence-corrected chi connectivity index (χ0v) is 32.2. The lowest BCUT2D eigenvalue weighted by Gasteiger charge is -2.65. The van der Waals surface area contributed by atoms with Gasteiger partial charge in [-0.3, -0.25) is 14.4 Å². The summed E-state index contributed by atoms with van der Waals surface area (Å²) in [5.41, 5.74) is -0.00707. The largest absolute Gasteiger partial charge is 0.466 e. The van der Waals surface area contributed by atoms with Gasteiger partial charge in [-0.15, -0.1) is 0 Å². The predicted molar refractivity (Wildman–Crippen MR) is 189 cm³/mol. The quantitative estimate of drug-likeness (QED) is 0.154. The van der Waals surface area contributed by atoms with Gasteiger partial charge in [-0.2, -0.15) is 0 Å². The number of Topliss-reactive ketones (excluding diaryl/α,β-unsaturated/α-hetero) is 1. The maximum atomic E-state index is 13.9. The van der Waals surface area contributed by atoms with Crippen molar-refractivity contribution < 1.29 is 58.9 Å². The van der Waals surface area contributed by atoms with Crippen LogP contribution in [0.2, 0.25) is 0 Å². The highest BCUT2D eigenvalue weighted by Crippen LogP contribution is 2.73. The van der Waals surface area contributed by atoms with E-state index < -0.39 is 65.8 Å². The standard InChI is InChI=1S/C40H62O12/c1-21(2)15-25(44)16-24(19-49-22(3)42)26-11-14-39(7)27-9-10-30-37(5,28(27)17-32(40(26,39)8)51-23(4)43)13-12-31(45)38(30,6)20-50-36-35(48)34(47)33(46)29(18-41)52-36/h9,15,24-26,28-30,32-36,41,44,46-48H,10-14,16-20H2,1-8H3/t24-,25?,26+,28+,29-,30-,32-,33-,34+,35-,36-,37-,38-,39-,40-/m1/s1. The number of ketones is 1. The molecule has 5 aliphatic rings. The van der Waals surface area contributed by atoms with Gasteiger partial charge in [0.2, 0.25) is 0 Å². The first kappa shape index (κ1) is 41.0. The summed E-state index contributed by atoms with van der Waals surface area (Å²) in [7, 11) is 0. The van der Waals surface area contributed by atoms with Crippen molar-refractivity contribution in [1.29, 1.82) is 0 Å². The summed E-state index contributed by atoms with van der Waals surface area (Å²) >= 11 is 0. The molecule has 0 aromatic heterocycles. The van der Waals surface area contributed by atoms with Crippen LogP contribution >= 0.6 is 0 Å². The number of hydrogen-bond acceptors (Lipinski definition) is 12. The zero-order valence-electron chi connectivity index (χ0n) is 32.2. The van der Waals surface area contributed by atoms with Gasteiger partial charge in [0.05, 0.1) is 31.3 Å². The highest BCUT2D eigenvalue weighted by Gasteiger charge is 2.70. The van der Waals surface area contributed by atoms with Crippen LogP contribution in [0.3, 0.4) is 0 Å². The highest BCUT2D eigenvalue weighted by molar-refractivity contribution is 5.86. The van der Waals surface area contributed by atoms with E-state index in [1.165, 1.54) is 19.4 Å². The van der Waals surface area contributed by atoms with Gasteiger partial charge in [-0.05, 0) is 86.9 Å². The Labute approximate surface area is 307 Å². The van der Waals surface area contributed by atoms with Crippen LogP contribution in [-0.2, 0) is 33.3 Å². The van der Waals surface area contributed by atoms with Crippen molar-refractivity contribution in [2.24, 2.45) is 45.3 Å². The molecule has 0 aromatic rings. The Morgan fingerprint density at radius 2 is 1.71 bits per heavy atom. The van der Waals surface area contributed by atoms with Gasteiger partial charge in [0, 0.05) is 25.7 Å². The number of carbonyl (C=O) groups is 3. The number of aliphatic hydroxyl groups is 5. The van der Waals surface area contributed by atoms with Crippen LogP contribution in [0.25, 0.3) is 0 Å². The predicted octanol–water partition coefficient (Wildman–Crippen LogP) is 3.40. The van der Waals surface area contributed by atoms with Crippen LogP contribution in [0.4, 0.5) is 0 Å². The topological polar surface area (TPSA) is 189 Å². The number of carbonyl (C=O) groups excluding carboxylic acids is 3. The van der Waals surface area contributed by atoms with E-state index >= 15 is 0 Å². The molecule has 4 fully saturated rings. The van der Waals surface area contributed by atoms with Crippen LogP contribution in [0.15, 0.2) is 23.3 Å². The molecule has 1 unspecified atom stereocenters. The smallest absolute Gasteiger partial charge is 0.302 e. The Morgan fingerprint density at radius 3 is 2.33 bits per heavy atom. The van der Waals surface area contributed by atoms with Crippen LogP contribution < -0.4 is 0 Å². The van der Waals surface area contributed by atoms with Gasteiger partial charge in [-0.1, -0.05) is 51.0 Å². The maximum Gasteiger partial charge on any atom is 0.302 e. The maximum absolute atomic E-state index is 13.9. The van der Waals surface area contributed by atoms with Crippen molar-refractivity contribution in [3.8, 4) is 0 Å². The summed E-state index contributed by atoms with van der Waals surface area (Å²) in [6.07, 6.45) is -0.113. The molecule has 12 nitrogen and oxygen atoms in total. The summed E-state index contributed by atoms with van der Waals surface area (Å²) in [5.74, 6) is -1.12. The molecule has 15 atom stereocenters. The van der Waals surface area contributed by atoms with E-state index in [-0.39, 0.29) is 60.0 Å². The summed E-state index contributed by atoms with van der Waals surface area (Å²) in [6.45, 7) is 14.8. The summed E-state index contributed by atoms with van der Waals surface area (Å²) < 4.78 is 23.6. The molecule has 3 saturated carbocycles. The van der Waals surface area contributed by atoms with Crippen LogP contribution in [0, 0.1) is 45.3 Å². The van der Waals surface area contributed by atoms with Crippen molar-refractivity contribution in [2.75, 3.05) is 19.8 Å². The molecule has 0 spiro atoms. The van der Waals surface area contributed by atoms with Crippen molar-refractivity contribution in [1.82, 2.24) is 0 Å². The molecule has 1 aliphatic heterocycles. The second-order valence-corrected chi connectivity index (χ2v) is 17.6. The Kier molecular flexibility index (Phi) is 11.9. The lowest BCUT2D eigenvalue weighted by atomic mass is 9.40. The number of hydrogen-bond donors (Lipinski definition) is 5. The lowest BCUT2D eigenvalue weighted by Crippen LogP contribution is -2.63. The first-order valence-electron chi connectivity index (χ1n) is 19.0. The second kappa shape index (κ2) is 15.2. The molecule has 4 aliphatic carbocycles. The fourth-order valence-corrected chi connectivity index (χ4v) is 11.5. The minimum absolute atomic E-state index is 0.0182. The molecular formula is C40H62O12. The molecule has 52 heavy (non-hydrogen) atoms. The van der Waals surface area contributed by atoms with Crippen molar-refractivity contribution in [2.45, 2.75) is 143 Å². The Bertz CT molecular complexity index is 1420. The van der Waals surface area contributed by atoms with Crippen LogP contribution in [-0.4, -0.2) is 106 Å². The fourth-order valence-electron chi connectivity index (χ4n) is 11.5.